The minimum absolute atomic E-state index is 0.664. The molecule has 1 atom stereocenters. The summed E-state index contributed by atoms with van der Waals surface area (Å²) in [6.45, 7) is 11.1. The van der Waals surface area contributed by atoms with Crippen LogP contribution in [0, 0.1) is 17.8 Å². The Hall–Kier alpha value is -0.260. The van der Waals surface area contributed by atoms with Crippen LogP contribution in [-0.4, -0.2) is 0 Å². The molecule has 0 nitrogen and oxygen atoms in total. The summed E-state index contributed by atoms with van der Waals surface area (Å²) in [4.78, 5) is 0. The van der Waals surface area contributed by atoms with Crippen molar-refractivity contribution in [3.8, 4) is 0 Å². The average molecular weight is 180 g/mol. The normalized spacial score (nSPS) is 21.8. The second-order valence-corrected chi connectivity index (χ2v) is 4.92. The first-order chi connectivity index (χ1) is 6.13. The Labute approximate surface area is 83.4 Å². The van der Waals surface area contributed by atoms with E-state index in [1.54, 1.807) is 0 Å². The summed E-state index contributed by atoms with van der Waals surface area (Å²) >= 11 is 0. The predicted octanol–water partition coefficient (Wildman–Crippen LogP) is 4.42. The maximum absolute atomic E-state index is 4.23. The second kappa shape index (κ2) is 4.83. The standard InChI is InChI=1S/C13H24/c1-10(2)11(3)12(4)13-8-6-5-7-9-13/h10,12-13H,3,5-9H2,1-2,4H3. The van der Waals surface area contributed by atoms with E-state index in [9.17, 15) is 0 Å². The quantitative estimate of drug-likeness (QED) is 0.564. The van der Waals surface area contributed by atoms with Crippen LogP contribution in [-0.2, 0) is 0 Å². The van der Waals surface area contributed by atoms with E-state index >= 15 is 0 Å². The zero-order valence-corrected chi connectivity index (χ0v) is 9.47. The zero-order valence-electron chi connectivity index (χ0n) is 9.47. The first-order valence-electron chi connectivity index (χ1n) is 5.81. The lowest BCUT2D eigenvalue weighted by atomic mass is 9.75. The van der Waals surface area contributed by atoms with Crippen molar-refractivity contribution < 1.29 is 0 Å². The van der Waals surface area contributed by atoms with Crippen LogP contribution in [0.2, 0.25) is 0 Å². The molecule has 0 aromatic carbocycles. The molecular formula is C13H24. The zero-order chi connectivity index (χ0) is 9.84. The monoisotopic (exact) mass is 180 g/mol. The third-order valence-corrected chi connectivity index (χ3v) is 3.68. The van der Waals surface area contributed by atoms with E-state index in [0.29, 0.717) is 5.92 Å². The fourth-order valence-electron chi connectivity index (χ4n) is 2.46. The van der Waals surface area contributed by atoms with Gasteiger partial charge in [0.15, 0.2) is 0 Å². The van der Waals surface area contributed by atoms with Gasteiger partial charge in [-0.2, -0.15) is 0 Å². The number of hydrogen-bond acceptors (Lipinski definition) is 0. The Balaban J connectivity index is 2.45. The van der Waals surface area contributed by atoms with Gasteiger partial charge in [-0.15, -0.1) is 0 Å². The largest absolute Gasteiger partial charge is 0.0993 e. The summed E-state index contributed by atoms with van der Waals surface area (Å²) < 4.78 is 0. The van der Waals surface area contributed by atoms with Crippen molar-refractivity contribution in [3.63, 3.8) is 0 Å². The van der Waals surface area contributed by atoms with Gasteiger partial charge in [0.05, 0.1) is 0 Å². The molecule has 0 heterocycles. The van der Waals surface area contributed by atoms with E-state index < -0.39 is 0 Å². The van der Waals surface area contributed by atoms with Crippen LogP contribution in [0.1, 0.15) is 52.9 Å². The molecule has 0 aromatic heterocycles. The fourth-order valence-corrected chi connectivity index (χ4v) is 2.46. The maximum atomic E-state index is 4.23. The van der Waals surface area contributed by atoms with Gasteiger partial charge in [0.1, 0.15) is 0 Å². The fraction of sp³-hybridized carbons (Fsp3) is 0.846. The Morgan fingerprint density at radius 2 is 1.62 bits per heavy atom. The number of rotatable bonds is 3. The Kier molecular flexibility index (Phi) is 4.02. The molecule has 1 aliphatic carbocycles. The molecule has 1 fully saturated rings. The van der Waals surface area contributed by atoms with Gasteiger partial charge in [-0.25, -0.2) is 0 Å². The van der Waals surface area contributed by atoms with Crippen LogP contribution in [0.5, 0.6) is 0 Å². The molecule has 1 unspecified atom stereocenters. The third-order valence-electron chi connectivity index (χ3n) is 3.68. The molecule has 0 aliphatic heterocycles. The predicted molar refractivity (Wildman–Crippen MR) is 59.7 cm³/mol. The van der Waals surface area contributed by atoms with Gasteiger partial charge in [0.25, 0.3) is 0 Å². The smallest absolute Gasteiger partial charge is 0.0203 e. The van der Waals surface area contributed by atoms with Crippen LogP contribution >= 0.6 is 0 Å². The Bertz CT molecular complexity index is 161. The van der Waals surface area contributed by atoms with Crippen LogP contribution in [0.15, 0.2) is 12.2 Å². The molecule has 0 heteroatoms. The summed E-state index contributed by atoms with van der Waals surface area (Å²) in [5.74, 6) is 2.35. The Morgan fingerprint density at radius 3 is 2.08 bits per heavy atom. The highest BCUT2D eigenvalue weighted by atomic mass is 14.3. The first-order valence-corrected chi connectivity index (χ1v) is 5.81. The van der Waals surface area contributed by atoms with E-state index in [1.165, 1.54) is 37.7 Å². The summed E-state index contributed by atoms with van der Waals surface area (Å²) in [7, 11) is 0. The van der Waals surface area contributed by atoms with Crippen molar-refractivity contribution in [1.29, 1.82) is 0 Å². The van der Waals surface area contributed by atoms with Gasteiger partial charge in [0, 0.05) is 0 Å². The third kappa shape index (κ3) is 2.86. The summed E-state index contributed by atoms with van der Waals surface area (Å²) in [6.07, 6.45) is 7.22. The van der Waals surface area contributed by atoms with Crippen LogP contribution in [0.3, 0.4) is 0 Å². The van der Waals surface area contributed by atoms with Crippen LogP contribution in [0.4, 0.5) is 0 Å². The average Bonchev–Trinajstić information content (AvgIpc) is 2.17. The lowest BCUT2D eigenvalue weighted by molar-refractivity contribution is 0.281. The van der Waals surface area contributed by atoms with Crippen molar-refractivity contribution in [2.75, 3.05) is 0 Å². The maximum Gasteiger partial charge on any atom is -0.0203 e. The topological polar surface area (TPSA) is 0 Å². The molecule has 0 aromatic rings. The molecule has 13 heavy (non-hydrogen) atoms. The second-order valence-electron chi connectivity index (χ2n) is 4.92. The lowest BCUT2D eigenvalue weighted by Crippen LogP contribution is -2.18. The minimum atomic E-state index is 0.664. The van der Waals surface area contributed by atoms with Crippen LogP contribution < -0.4 is 0 Å². The van der Waals surface area contributed by atoms with Gasteiger partial charge in [0.2, 0.25) is 0 Å². The molecule has 0 saturated heterocycles. The van der Waals surface area contributed by atoms with E-state index in [2.05, 4.69) is 27.4 Å². The molecule has 0 N–H and O–H groups in total. The molecule has 0 bridgehead atoms. The van der Waals surface area contributed by atoms with Gasteiger partial charge >= 0.3 is 0 Å². The lowest BCUT2D eigenvalue weighted by Gasteiger charge is -2.30. The van der Waals surface area contributed by atoms with E-state index in [-0.39, 0.29) is 0 Å². The van der Waals surface area contributed by atoms with Crippen molar-refractivity contribution >= 4 is 0 Å². The van der Waals surface area contributed by atoms with E-state index in [4.69, 9.17) is 0 Å². The van der Waals surface area contributed by atoms with Gasteiger partial charge in [-0.1, -0.05) is 52.2 Å². The molecule has 1 aliphatic rings. The van der Waals surface area contributed by atoms with Gasteiger partial charge in [-0.05, 0) is 30.6 Å². The molecule has 76 valence electrons. The van der Waals surface area contributed by atoms with Crippen molar-refractivity contribution in [3.05, 3.63) is 12.2 Å². The molecule has 1 saturated carbocycles. The van der Waals surface area contributed by atoms with E-state index in [1.807, 2.05) is 0 Å². The Morgan fingerprint density at radius 1 is 1.08 bits per heavy atom. The molecule has 0 amide bonds. The molecular weight excluding hydrogens is 156 g/mol. The summed E-state index contributed by atoms with van der Waals surface area (Å²) in [5.41, 5.74) is 1.46. The highest BCUT2D eigenvalue weighted by Gasteiger charge is 2.22. The van der Waals surface area contributed by atoms with Crippen LogP contribution in [0.25, 0.3) is 0 Å². The molecule has 0 radical (unpaired) electrons. The van der Waals surface area contributed by atoms with E-state index in [0.717, 1.165) is 11.8 Å². The number of hydrogen-bond donors (Lipinski definition) is 0. The summed E-state index contributed by atoms with van der Waals surface area (Å²) in [6, 6.07) is 0. The minimum Gasteiger partial charge on any atom is -0.0993 e. The molecule has 0 spiro atoms. The molecule has 1 rings (SSSR count). The van der Waals surface area contributed by atoms with Gasteiger partial charge in [-0.3, -0.25) is 0 Å². The first kappa shape index (κ1) is 10.8. The summed E-state index contributed by atoms with van der Waals surface area (Å²) in [5, 5.41) is 0. The number of allylic oxidation sites excluding steroid dienone is 1. The van der Waals surface area contributed by atoms with Crippen molar-refractivity contribution in [1.82, 2.24) is 0 Å². The highest BCUT2D eigenvalue weighted by molar-refractivity contribution is 5.04. The van der Waals surface area contributed by atoms with Gasteiger partial charge < -0.3 is 0 Å². The SMILES string of the molecule is C=C(C(C)C)C(C)C1CCCCC1. The van der Waals surface area contributed by atoms with Crippen molar-refractivity contribution in [2.45, 2.75) is 52.9 Å². The highest BCUT2D eigenvalue weighted by Crippen LogP contribution is 2.35. The van der Waals surface area contributed by atoms with Crippen molar-refractivity contribution in [2.24, 2.45) is 17.8 Å².